The molecule has 0 radical (unpaired) electrons. The second-order valence-corrected chi connectivity index (χ2v) is 5.24. The van der Waals surface area contributed by atoms with Gasteiger partial charge in [0.05, 0.1) is 0 Å². The van der Waals surface area contributed by atoms with Crippen molar-refractivity contribution in [2.75, 3.05) is 6.54 Å². The van der Waals surface area contributed by atoms with E-state index in [0.29, 0.717) is 5.75 Å². The summed E-state index contributed by atoms with van der Waals surface area (Å²) in [5.74, 6) is 1.33. The van der Waals surface area contributed by atoms with Crippen LogP contribution in [0.25, 0.3) is 0 Å². The maximum absolute atomic E-state index is 9.71. The van der Waals surface area contributed by atoms with Gasteiger partial charge in [0.15, 0.2) is 0 Å². The topological polar surface area (TPSA) is 63.0 Å². The number of aromatic hydroxyl groups is 1. The number of phenolic OH excluding ortho intramolecular Hbond substituents is 1. The SMILES string of the molecule is CCCn1ncnc1CC1NCCc2ccc(O)cc21. The molecule has 3 rings (SSSR count). The Balaban J connectivity index is 1.85. The highest BCUT2D eigenvalue weighted by molar-refractivity contribution is 5.39. The summed E-state index contributed by atoms with van der Waals surface area (Å²) in [5.41, 5.74) is 2.50. The molecule has 106 valence electrons. The molecule has 0 amide bonds. The zero-order valence-corrected chi connectivity index (χ0v) is 11.7. The fourth-order valence-electron chi connectivity index (χ4n) is 2.83. The van der Waals surface area contributed by atoms with Crippen molar-refractivity contribution in [1.29, 1.82) is 0 Å². The highest BCUT2D eigenvalue weighted by atomic mass is 16.3. The van der Waals surface area contributed by atoms with Gasteiger partial charge >= 0.3 is 0 Å². The lowest BCUT2D eigenvalue weighted by atomic mass is 9.92. The van der Waals surface area contributed by atoms with Crippen LogP contribution in [-0.2, 0) is 19.4 Å². The normalized spacial score (nSPS) is 17.9. The molecule has 1 aromatic carbocycles. The van der Waals surface area contributed by atoms with Gasteiger partial charge in [-0.05, 0) is 42.6 Å². The lowest BCUT2D eigenvalue weighted by Gasteiger charge is -2.27. The van der Waals surface area contributed by atoms with Gasteiger partial charge in [-0.25, -0.2) is 4.98 Å². The number of aryl methyl sites for hydroxylation is 1. The van der Waals surface area contributed by atoms with E-state index in [9.17, 15) is 5.11 Å². The van der Waals surface area contributed by atoms with Crippen molar-refractivity contribution < 1.29 is 5.11 Å². The van der Waals surface area contributed by atoms with E-state index in [1.807, 2.05) is 16.8 Å². The van der Waals surface area contributed by atoms with Crippen LogP contribution >= 0.6 is 0 Å². The van der Waals surface area contributed by atoms with E-state index in [4.69, 9.17) is 0 Å². The molecule has 0 spiro atoms. The summed E-state index contributed by atoms with van der Waals surface area (Å²) in [6, 6.07) is 5.86. The molecule has 2 heterocycles. The number of nitrogens with one attached hydrogen (secondary N) is 1. The average Bonchev–Trinajstić information content (AvgIpc) is 2.87. The van der Waals surface area contributed by atoms with Gasteiger partial charge < -0.3 is 10.4 Å². The Morgan fingerprint density at radius 2 is 2.35 bits per heavy atom. The molecule has 0 bridgehead atoms. The van der Waals surface area contributed by atoms with Crippen LogP contribution in [0.4, 0.5) is 0 Å². The van der Waals surface area contributed by atoms with Gasteiger partial charge in [0.1, 0.15) is 17.9 Å². The second kappa shape index (κ2) is 5.63. The molecular formula is C15H20N4O. The van der Waals surface area contributed by atoms with E-state index < -0.39 is 0 Å². The molecule has 2 N–H and O–H groups in total. The Morgan fingerprint density at radius 1 is 1.45 bits per heavy atom. The third-order valence-corrected chi connectivity index (χ3v) is 3.81. The second-order valence-electron chi connectivity index (χ2n) is 5.24. The number of benzene rings is 1. The summed E-state index contributed by atoms with van der Waals surface area (Å²) in [6.45, 7) is 4.00. The first-order chi connectivity index (χ1) is 9.78. The van der Waals surface area contributed by atoms with E-state index in [0.717, 1.165) is 38.2 Å². The minimum absolute atomic E-state index is 0.200. The van der Waals surface area contributed by atoms with Crippen molar-refractivity contribution in [1.82, 2.24) is 20.1 Å². The summed E-state index contributed by atoms with van der Waals surface area (Å²) in [6.07, 6.45) is 4.48. The summed E-state index contributed by atoms with van der Waals surface area (Å²) in [5, 5.41) is 17.5. The fourth-order valence-corrected chi connectivity index (χ4v) is 2.83. The van der Waals surface area contributed by atoms with E-state index in [1.165, 1.54) is 11.1 Å². The molecule has 5 nitrogen and oxygen atoms in total. The van der Waals surface area contributed by atoms with Gasteiger partial charge in [-0.3, -0.25) is 4.68 Å². The van der Waals surface area contributed by atoms with Crippen molar-refractivity contribution in [2.24, 2.45) is 0 Å². The van der Waals surface area contributed by atoms with E-state index in [-0.39, 0.29) is 6.04 Å². The standard InChI is InChI=1S/C15H20N4O/c1-2-7-19-15(17-10-18-19)9-14-13-8-12(20)4-3-11(13)5-6-16-14/h3-4,8,10,14,16,20H,2,5-7,9H2,1H3. The number of rotatable bonds is 4. The predicted molar refractivity (Wildman–Crippen MR) is 76.6 cm³/mol. The summed E-state index contributed by atoms with van der Waals surface area (Å²) in [4.78, 5) is 4.37. The molecule has 1 atom stereocenters. The first-order valence-electron chi connectivity index (χ1n) is 7.19. The lowest BCUT2D eigenvalue weighted by molar-refractivity contribution is 0.454. The molecule has 2 aromatic rings. The number of nitrogens with zero attached hydrogens (tertiary/aromatic N) is 3. The van der Waals surface area contributed by atoms with Crippen LogP contribution in [0.1, 0.15) is 36.3 Å². The zero-order valence-electron chi connectivity index (χ0n) is 11.7. The van der Waals surface area contributed by atoms with Crippen molar-refractivity contribution in [3.63, 3.8) is 0 Å². The average molecular weight is 272 g/mol. The number of aromatic nitrogens is 3. The first-order valence-corrected chi connectivity index (χ1v) is 7.19. The number of fused-ring (bicyclic) bond motifs is 1. The molecular weight excluding hydrogens is 252 g/mol. The Hall–Kier alpha value is -1.88. The number of hydrogen-bond donors (Lipinski definition) is 2. The van der Waals surface area contributed by atoms with Gasteiger partial charge in [0.2, 0.25) is 0 Å². The Kier molecular flexibility index (Phi) is 3.69. The van der Waals surface area contributed by atoms with Crippen LogP contribution in [0.3, 0.4) is 0 Å². The quantitative estimate of drug-likeness (QED) is 0.891. The highest BCUT2D eigenvalue weighted by Crippen LogP contribution is 2.28. The van der Waals surface area contributed by atoms with Crippen LogP contribution < -0.4 is 5.32 Å². The van der Waals surface area contributed by atoms with Crippen molar-refractivity contribution >= 4 is 0 Å². The molecule has 0 aliphatic carbocycles. The molecule has 5 heteroatoms. The maximum Gasteiger partial charge on any atom is 0.138 e. The van der Waals surface area contributed by atoms with Gasteiger partial charge in [-0.2, -0.15) is 5.10 Å². The third-order valence-electron chi connectivity index (χ3n) is 3.81. The van der Waals surface area contributed by atoms with Crippen LogP contribution in [0, 0.1) is 0 Å². The van der Waals surface area contributed by atoms with Crippen LogP contribution in [0.15, 0.2) is 24.5 Å². The Labute approximate surface area is 118 Å². The van der Waals surface area contributed by atoms with Gasteiger partial charge in [0.25, 0.3) is 0 Å². The maximum atomic E-state index is 9.71. The number of phenols is 1. The van der Waals surface area contributed by atoms with Crippen LogP contribution in [0.5, 0.6) is 5.75 Å². The molecule has 1 unspecified atom stereocenters. The predicted octanol–water partition coefficient (Wildman–Crippen LogP) is 1.82. The van der Waals surface area contributed by atoms with Crippen LogP contribution in [0.2, 0.25) is 0 Å². The summed E-state index contributed by atoms with van der Waals surface area (Å²) in [7, 11) is 0. The van der Waals surface area contributed by atoms with E-state index in [1.54, 1.807) is 12.4 Å². The van der Waals surface area contributed by atoms with Gasteiger partial charge in [-0.15, -0.1) is 0 Å². The molecule has 0 saturated heterocycles. The molecule has 20 heavy (non-hydrogen) atoms. The van der Waals surface area contributed by atoms with Gasteiger partial charge in [-0.1, -0.05) is 13.0 Å². The van der Waals surface area contributed by atoms with Crippen molar-refractivity contribution in [3.05, 3.63) is 41.5 Å². The highest BCUT2D eigenvalue weighted by Gasteiger charge is 2.22. The lowest BCUT2D eigenvalue weighted by Crippen LogP contribution is -2.32. The first kappa shape index (κ1) is 13.1. The molecule has 1 aliphatic heterocycles. The Morgan fingerprint density at radius 3 is 3.20 bits per heavy atom. The molecule has 0 fully saturated rings. The minimum atomic E-state index is 0.200. The largest absolute Gasteiger partial charge is 0.508 e. The number of hydrogen-bond acceptors (Lipinski definition) is 4. The fraction of sp³-hybridized carbons (Fsp3) is 0.467. The van der Waals surface area contributed by atoms with Crippen molar-refractivity contribution in [2.45, 2.75) is 38.8 Å². The Bertz CT molecular complexity index is 593. The van der Waals surface area contributed by atoms with Gasteiger partial charge in [0, 0.05) is 19.0 Å². The van der Waals surface area contributed by atoms with E-state index in [2.05, 4.69) is 22.3 Å². The summed E-state index contributed by atoms with van der Waals surface area (Å²) < 4.78 is 1.97. The molecule has 0 saturated carbocycles. The zero-order chi connectivity index (χ0) is 13.9. The van der Waals surface area contributed by atoms with E-state index >= 15 is 0 Å². The minimum Gasteiger partial charge on any atom is -0.508 e. The molecule has 1 aromatic heterocycles. The van der Waals surface area contributed by atoms with Crippen molar-refractivity contribution in [3.8, 4) is 5.75 Å². The third kappa shape index (κ3) is 2.54. The monoisotopic (exact) mass is 272 g/mol. The molecule has 1 aliphatic rings. The van der Waals surface area contributed by atoms with Crippen LogP contribution in [-0.4, -0.2) is 26.4 Å². The smallest absolute Gasteiger partial charge is 0.138 e. The summed E-state index contributed by atoms with van der Waals surface area (Å²) >= 11 is 0.